The summed E-state index contributed by atoms with van der Waals surface area (Å²) in [7, 11) is 1.44. The van der Waals surface area contributed by atoms with Crippen LogP contribution in [0.15, 0.2) is 23.1 Å². The van der Waals surface area contributed by atoms with Gasteiger partial charge in [0.15, 0.2) is 0 Å². The van der Waals surface area contributed by atoms with Crippen molar-refractivity contribution in [2.24, 2.45) is 5.41 Å². The topological polar surface area (TPSA) is 50.1 Å². The number of thioether (sulfide) groups is 1. The molecule has 19 heavy (non-hydrogen) atoms. The molecule has 0 aliphatic heterocycles. The predicted molar refractivity (Wildman–Crippen MR) is 74.9 cm³/mol. The fourth-order valence-corrected chi connectivity index (χ4v) is 3.30. The first-order valence-corrected chi connectivity index (χ1v) is 7.27. The Bertz CT molecular complexity index is 529. The quantitative estimate of drug-likeness (QED) is 0.611. The van der Waals surface area contributed by atoms with Crippen LogP contribution in [0.3, 0.4) is 0 Å². The first-order valence-electron chi connectivity index (χ1n) is 6.29. The number of aryl methyl sites for hydroxylation is 1. The minimum Gasteiger partial charge on any atom is -0.469 e. The van der Waals surface area contributed by atoms with Crippen molar-refractivity contribution >= 4 is 17.7 Å². The van der Waals surface area contributed by atoms with Crippen molar-refractivity contribution in [1.29, 1.82) is 5.26 Å². The molecule has 0 amide bonds. The molecular weight excluding hydrogens is 258 g/mol. The van der Waals surface area contributed by atoms with Gasteiger partial charge in [0.25, 0.3) is 0 Å². The second-order valence-corrected chi connectivity index (χ2v) is 6.18. The van der Waals surface area contributed by atoms with Crippen LogP contribution in [-0.2, 0) is 9.53 Å². The number of hydrogen-bond donors (Lipinski definition) is 0. The maximum Gasteiger partial charge on any atom is 0.306 e. The average molecular weight is 275 g/mol. The second kappa shape index (κ2) is 5.66. The molecule has 0 saturated heterocycles. The lowest BCUT2D eigenvalue weighted by molar-refractivity contribution is -0.141. The van der Waals surface area contributed by atoms with Crippen molar-refractivity contribution in [2.45, 2.75) is 31.1 Å². The molecule has 1 saturated carbocycles. The Labute approximate surface area is 118 Å². The summed E-state index contributed by atoms with van der Waals surface area (Å²) in [5.41, 5.74) is 1.87. The molecule has 0 N–H and O–H groups in total. The summed E-state index contributed by atoms with van der Waals surface area (Å²) in [6.45, 7) is 1.95. The zero-order valence-corrected chi connectivity index (χ0v) is 12.0. The fourth-order valence-electron chi connectivity index (χ4n) is 2.02. The number of methoxy groups -OCH3 is 1. The summed E-state index contributed by atoms with van der Waals surface area (Å²) in [4.78, 5) is 12.5. The molecule has 1 aliphatic rings. The Morgan fingerprint density at radius 1 is 1.53 bits per heavy atom. The summed E-state index contributed by atoms with van der Waals surface area (Å²) >= 11 is 1.76. The summed E-state index contributed by atoms with van der Waals surface area (Å²) < 4.78 is 4.74. The van der Waals surface area contributed by atoms with E-state index in [4.69, 9.17) is 10.00 Å². The number of ether oxygens (including phenoxy) is 1. The van der Waals surface area contributed by atoms with Crippen molar-refractivity contribution in [1.82, 2.24) is 0 Å². The van der Waals surface area contributed by atoms with Gasteiger partial charge in [-0.1, -0.05) is 0 Å². The number of carbonyl (C=O) groups excluding carboxylic acids is 1. The summed E-state index contributed by atoms with van der Waals surface area (Å²) in [6.07, 6.45) is 2.72. The fraction of sp³-hybridized carbons (Fsp3) is 0.467. The van der Waals surface area contributed by atoms with E-state index in [2.05, 4.69) is 6.07 Å². The predicted octanol–water partition coefficient (Wildman–Crippen LogP) is 3.30. The molecule has 1 aromatic rings. The minimum absolute atomic E-state index is 0.117. The van der Waals surface area contributed by atoms with Gasteiger partial charge in [-0.15, -0.1) is 11.8 Å². The molecule has 0 atom stereocenters. The Morgan fingerprint density at radius 3 is 2.79 bits per heavy atom. The highest BCUT2D eigenvalue weighted by molar-refractivity contribution is 7.99. The molecule has 1 aromatic carbocycles. The van der Waals surface area contributed by atoms with Crippen LogP contribution in [0.4, 0.5) is 0 Å². The lowest BCUT2D eigenvalue weighted by atomic mass is 10.1. The SMILES string of the molecule is COC(=O)CC1(CSc2ccc(C#N)c(C)c2)CC1. The van der Waals surface area contributed by atoms with Gasteiger partial charge in [-0.25, -0.2) is 0 Å². The van der Waals surface area contributed by atoms with Gasteiger partial charge in [0.2, 0.25) is 0 Å². The monoisotopic (exact) mass is 275 g/mol. The smallest absolute Gasteiger partial charge is 0.306 e. The van der Waals surface area contributed by atoms with E-state index in [1.165, 1.54) is 7.11 Å². The highest BCUT2D eigenvalue weighted by Gasteiger charge is 2.44. The first kappa shape index (κ1) is 14.0. The molecule has 4 heteroatoms. The third-order valence-corrected chi connectivity index (χ3v) is 4.91. The van der Waals surface area contributed by atoms with E-state index in [-0.39, 0.29) is 11.4 Å². The van der Waals surface area contributed by atoms with Crippen LogP contribution in [0.1, 0.15) is 30.4 Å². The molecular formula is C15H17NO2S. The lowest BCUT2D eigenvalue weighted by Gasteiger charge is -2.13. The average Bonchev–Trinajstić information content (AvgIpc) is 3.16. The largest absolute Gasteiger partial charge is 0.469 e. The summed E-state index contributed by atoms with van der Waals surface area (Å²) in [6, 6.07) is 8.04. The number of hydrogen-bond acceptors (Lipinski definition) is 4. The number of nitrogens with zero attached hydrogens (tertiary/aromatic N) is 1. The number of carbonyl (C=O) groups is 1. The van der Waals surface area contributed by atoms with Crippen LogP contribution in [0.2, 0.25) is 0 Å². The Morgan fingerprint density at radius 2 is 2.26 bits per heavy atom. The van der Waals surface area contributed by atoms with Crippen LogP contribution in [0, 0.1) is 23.7 Å². The van der Waals surface area contributed by atoms with Gasteiger partial charge in [0, 0.05) is 10.6 Å². The van der Waals surface area contributed by atoms with E-state index in [9.17, 15) is 4.79 Å². The molecule has 0 bridgehead atoms. The molecule has 1 aliphatic carbocycles. The van der Waals surface area contributed by atoms with Gasteiger partial charge in [-0.2, -0.15) is 5.26 Å². The van der Waals surface area contributed by atoms with E-state index in [1.54, 1.807) is 11.8 Å². The van der Waals surface area contributed by atoms with Crippen LogP contribution in [0.25, 0.3) is 0 Å². The lowest BCUT2D eigenvalue weighted by Crippen LogP contribution is -2.12. The van der Waals surface area contributed by atoms with Crippen molar-refractivity contribution in [2.75, 3.05) is 12.9 Å². The number of esters is 1. The molecule has 0 spiro atoms. The van der Waals surface area contributed by atoms with Crippen LogP contribution >= 0.6 is 11.8 Å². The van der Waals surface area contributed by atoms with Crippen molar-refractivity contribution < 1.29 is 9.53 Å². The van der Waals surface area contributed by atoms with Crippen molar-refractivity contribution in [3.8, 4) is 6.07 Å². The number of benzene rings is 1. The van der Waals surface area contributed by atoms with E-state index in [0.717, 1.165) is 34.6 Å². The molecule has 1 fully saturated rings. The van der Waals surface area contributed by atoms with E-state index < -0.39 is 0 Å². The second-order valence-electron chi connectivity index (χ2n) is 5.13. The van der Waals surface area contributed by atoms with Gasteiger partial charge in [-0.3, -0.25) is 4.79 Å². The Kier molecular flexibility index (Phi) is 4.16. The minimum atomic E-state index is -0.117. The Hall–Kier alpha value is -1.47. The summed E-state index contributed by atoms with van der Waals surface area (Å²) in [5.74, 6) is 0.821. The van der Waals surface area contributed by atoms with Gasteiger partial charge in [0.05, 0.1) is 25.2 Å². The highest BCUT2D eigenvalue weighted by atomic mass is 32.2. The normalized spacial score (nSPS) is 15.6. The van der Waals surface area contributed by atoms with Gasteiger partial charge < -0.3 is 4.74 Å². The standard InChI is InChI=1S/C15H17NO2S/c1-11-7-13(4-3-12(11)9-16)19-10-15(5-6-15)8-14(17)18-2/h3-4,7H,5-6,8,10H2,1-2H3. The van der Waals surface area contributed by atoms with E-state index in [1.807, 2.05) is 25.1 Å². The zero-order chi connectivity index (χ0) is 13.9. The van der Waals surface area contributed by atoms with Crippen LogP contribution in [-0.4, -0.2) is 18.8 Å². The van der Waals surface area contributed by atoms with Gasteiger partial charge >= 0.3 is 5.97 Å². The van der Waals surface area contributed by atoms with Gasteiger partial charge in [0.1, 0.15) is 0 Å². The molecule has 2 rings (SSSR count). The maximum absolute atomic E-state index is 11.3. The molecule has 100 valence electrons. The van der Waals surface area contributed by atoms with Crippen LogP contribution in [0.5, 0.6) is 0 Å². The molecule has 0 heterocycles. The van der Waals surface area contributed by atoms with Gasteiger partial charge in [-0.05, 0) is 48.9 Å². The maximum atomic E-state index is 11.3. The molecule has 0 aromatic heterocycles. The molecule has 3 nitrogen and oxygen atoms in total. The zero-order valence-electron chi connectivity index (χ0n) is 11.2. The molecule has 0 radical (unpaired) electrons. The van der Waals surface area contributed by atoms with Crippen LogP contribution < -0.4 is 0 Å². The highest BCUT2D eigenvalue weighted by Crippen LogP contribution is 2.52. The van der Waals surface area contributed by atoms with Crippen molar-refractivity contribution in [3.63, 3.8) is 0 Å². The third kappa shape index (κ3) is 3.51. The van der Waals surface area contributed by atoms with E-state index >= 15 is 0 Å². The molecule has 0 unspecified atom stereocenters. The van der Waals surface area contributed by atoms with E-state index in [0.29, 0.717) is 6.42 Å². The first-order chi connectivity index (χ1) is 9.08. The summed E-state index contributed by atoms with van der Waals surface area (Å²) in [5, 5.41) is 8.90. The Balaban J connectivity index is 1.94. The van der Waals surface area contributed by atoms with Crippen molar-refractivity contribution in [3.05, 3.63) is 29.3 Å². The number of rotatable bonds is 5. The third-order valence-electron chi connectivity index (χ3n) is 3.57. The number of nitriles is 1.